The molecule has 184 valence electrons. The molecule has 0 saturated carbocycles. The highest BCUT2D eigenvalue weighted by atomic mass is 32.2. The van der Waals surface area contributed by atoms with Crippen LogP contribution in [-0.2, 0) is 17.6 Å². The Labute approximate surface area is 209 Å². The molecule has 7 nitrogen and oxygen atoms in total. The lowest BCUT2D eigenvalue weighted by molar-refractivity contribution is -0.116. The smallest absolute Gasteiger partial charge is 0.279 e. The van der Waals surface area contributed by atoms with E-state index in [2.05, 4.69) is 43.2 Å². The van der Waals surface area contributed by atoms with Gasteiger partial charge in [0.25, 0.3) is 5.56 Å². The third kappa shape index (κ3) is 5.37. The Morgan fingerprint density at radius 2 is 1.94 bits per heavy atom. The van der Waals surface area contributed by atoms with Gasteiger partial charge in [0.1, 0.15) is 5.82 Å². The van der Waals surface area contributed by atoms with Gasteiger partial charge < -0.3 is 19.4 Å². The summed E-state index contributed by atoms with van der Waals surface area (Å²) < 4.78 is 13.2. The number of methoxy groups -OCH3 is 1. The second-order valence-corrected chi connectivity index (χ2v) is 10.1. The molecule has 0 bridgehead atoms. The Kier molecular flexibility index (Phi) is 7.50. The molecule has 1 atom stereocenters. The Bertz CT molecular complexity index is 1300. The number of benzene rings is 2. The monoisotopic (exact) mass is 493 g/mol. The number of aromatic nitrogens is 2. The first kappa shape index (κ1) is 24.9. The average Bonchev–Trinajstić information content (AvgIpc) is 2.84. The Morgan fingerprint density at radius 1 is 1.17 bits per heavy atom. The number of nitrogens with zero attached hydrogens (tertiary/aromatic N) is 2. The maximum absolute atomic E-state index is 13.3. The van der Waals surface area contributed by atoms with Crippen molar-refractivity contribution in [1.82, 2.24) is 9.55 Å². The van der Waals surface area contributed by atoms with Crippen molar-refractivity contribution in [3.63, 3.8) is 0 Å². The van der Waals surface area contributed by atoms with Crippen LogP contribution in [0.25, 0.3) is 0 Å². The molecule has 1 aliphatic heterocycles. The van der Waals surface area contributed by atoms with Crippen molar-refractivity contribution in [1.29, 1.82) is 0 Å². The first-order valence-corrected chi connectivity index (χ1v) is 12.7. The van der Waals surface area contributed by atoms with E-state index in [1.165, 1.54) is 22.9 Å². The van der Waals surface area contributed by atoms with Gasteiger partial charge in [-0.15, -0.1) is 0 Å². The standard InChI is InChI=1S/C27H31N3O4S/c1-16(2)14-34-21-11-10-18(12-22(21)33-5)20-13-23(31)28-25-24(20)26(32)29-27(30(25)4)35-15-19-9-7-6-8-17(19)3/h6-12,16,20H,13-15H2,1-5H3,(H,28,31)/t20-/m0/s1. The summed E-state index contributed by atoms with van der Waals surface area (Å²) in [7, 11) is 3.42. The fourth-order valence-electron chi connectivity index (χ4n) is 4.14. The molecule has 0 fully saturated rings. The van der Waals surface area contributed by atoms with Gasteiger partial charge in [0.15, 0.2) is 16.7 Å². The van der Waals surface area contributed by atoms with Crippen LogP contribution < -0.4 is 20.3 Å². The summed E-state index contributed by atoms with van der Waals surface area (Å²) in [4.78, 5) is 30.4. The van der Waals surface area contributed by atoms with E-state index in [0.717, 1.165) is 5.56 Å². The lowest BCUT2D eigenvalue weighted by Gasteiger charge is -2.28. The second-order valence-electron chi connectivity index (χ2n) is 9.16. The van der Waals surface area contributed by atoms with Crippen LogP contribution in [-0.4, -0.2) is 29.2 Å². The Balaban J connectivity index is 1.68. The number of nitrogens with one attached hydrogen (secondary N) is 1. The molecule has 1 N–H and O–H groups in total. The first-order valence-electron chi connectivity index (χ1n) is 11.7. The molecule has 1 aliphatic rings. The molecule has 0 aliphatic carbocycles. The zero-order valence-corrected chi connectivity index (χ0v) is 21.6. The van der Waals surface area contributed by atoms with Gasteiger partial charge in [-0.1, -0.05) is 55.9 Å². The van der Waals surface area contributed by atoms with Crippen LogP contribution in [0.1, 0.15) is 48.4 Å². The van der Waals surface area contributed by atoms with Crippen LogP contribution in [0.5, 0.6) is 11.5 Å². The maximum Gasteiger partial charge on any atom is 0.279 e. The minimum atomic E-state index is -0.423. The minimum Gasteiger partial charge on any atom is -0.493 e. The van der Waals surface area contributed by atoms with Gasteiger partial charge in [0.05, 0.1) is 19.3 Å². The number of carbonyl (C=O) groups excluding carboxylic acids is 1. The molecule has 2 heterocycles. The molecule has 4 rings (SSSR count). The SMILES string of the molecule is COc1cc([C@@H]2CC(=O)Nc3c2c(=O)nc(SCc2ccccc2C)n3C)ccc1OCC(C)C. The molecule has 8 heteroatoms. The van der Waals surface area contributed by atoms with Gasteiger partial charge in [-0.25, -0.2) is 0 Å². The van der Waals surface area contributed by atoms with Gasteiger partial charge in [-0.3, -0.25) is 9.59 Å². The van der Waals surface area contributed by atoms with Crippen molar-refractivity contribution in [2.45, 2.75) is 44.0 Å². The summed E-state index contributed by atoms with van der Waals surface area (Å²) in [6.45, 7) is 6.79. The van der Waals surface area contributed by atoms with Crippen molar-refractivity contribution in [2.24, 2.45) is 13.0 Å². The van der Waals surface area contributed by atoms with Gasteiger partial charge in [-0.2, -0.15) is 4.98 Å². The number of aryl methyl sites for hydroxylation is 1. The highest BCUT2D eigenvalue weighted by Gasteiger charge is 2.32. The van der Waals surface area contributed by atoms with Gasteiger partial charge >= 0.3 is 0 Å². The zero-order chi connectivity index (χ0) is 25.1. The number of hydrogen-bond donors (Lipinski definition) is 1. The van der Waals surface area contributed by atoms with E-state index in [-0.39, 0.29) is 17.9 Å². The number of thioether (sulfide) groups is 1. The van der Waals surface area contributed by atoms with E-state index in [9.17, 15) is 9.59 Å². The van der Waals surface area contributed by atoms with Gasteiger partial charge in [0.2, 0.25) is 5.91 Å². The van der Waals surface area contributed by atoms with Crippen molar-refractivity contribution < 1.29 is 14.3 Å². The molecule has 0 unspecified atom stereocenters. The normalized spacial score (nSPS) is 15.0. The topological polar surface area (TPSA) is 82.5 Å². The van der Waals surface area contributed by atoms with Crippen LogP contribution in [0.2, 0.25) is 0 Å². The molecule has 0 saturated heterocycles. The van der Waals surface area contributed by atoms with E-state index in [1.807, 2.05) is 37.4 Å². The molecule has 0 spiro atoms. The Morgan fingerprint density at radius 3 is 2.66 bits per heavy atom. The molecular weight excluding hydrogens is 462 g/mol. The highest BCUT2D eigenvalue weighted by molar-refractivity contribution is 7.98. The van der Waals surface area contributed by atoms with Crippen LogP contribution in [0.15, 0.2) is 52.4 Å². The maximum atomic E-state index is 13.3. The van der Waals surface area contributed by atoms with Crippen molar-refractivity contribution >= 4 is 23.5 Å². The lowest BCUT2D eigenvalue weighted by Crippen LogP contribution is -2.33. The second kappa shape index (κ2) is 10.6. The number of rotatable bonds is 8. The van der Waals surface area contributed by atoms with E-state index < -0.39 is 5.92 Å². The predicted molar refractivity (Wildman–Crippen MR) is 139 cm³/mol. The fourth-order valence-corrected chi connectivity index (χ4v) is 5.18. The summed E-state index contributed by atoms with van der Waals surface area (Å²) in [6, 6.07) is 13.7. The van der Waals surface area contributed by atoms with Crippen LogP contribution in [0, 0.1) is 12.8 Å². The first-order chi connectivity index (χ1) is 16.8. The molecule has 35 heavy (non-hydrogen) atoms. The molecule has 3 aromatic rings. The van der Waals surface area contributed by atoms with Crippen LogP contribution >= 0.6 is 11.8 Å². The summed E-state index contributed by atoms with van der Waals surface area (Å²) in [5.41, 5.74) is 3.35. The number of fused-ring (bicyclic) bond motifs is 1. The number of carbonyl (C=O) groups is 1. The summed E-state index contributed by atoms with van der Waals surface area (Å²) >= 11 is 1.48. The summed E-state index contributed by atoms with van der Waals surface area (Å²) in [5, 5.41) is 3.47. The number of amides is 1. The lowest BCUT2D eigenvalue weighted by atomic mass is 9.86. The average molecular weight is 494 g/mol. The van der Waals surface area contributed by atoms with Crippen molar-refractivity contribution in [3.05, 3.63) is 75.1 Å². The zero-order valence-electron chi connectivity index (χ0n) is 20.8. The highest BCUT2D eigenvalue weighted by Crippen LogP contribution is 2.39. The predicted octanol–water partition coefficient (Wildman–Crippen LogP) is 4.90. The Hall–Kier alpha value is -3.26. The number of anilines is 1. The third-order valence-electron chi connectivity index (χ3n) is 6.08. The van der Waals surface area contributed by atoms with Crippen LogP contribution in [0.4, 0.5) is 5.82 Å². The summed E-state index contributed by atoms with van der Waals surface area (Å²) in [5.74, 6) is 2.20. The quantitative estimate of drug-likeness (QED) is 0.355. The van der Waals surface area contributed by atoms with Gasteiger partial charge in [0, 0.05) is 25.1 Å². The fraction of sp³-hybridized carbons (Fsp3) is 0.370. The van der Waals surface area contributed by atoms with E-state index in [1.54, 1.807) is 11.7 Å². The summed E-state index contributed by atoms with van der Waals surface area (Å²) in [6.07, 6.45) is 0.162. The molecule has 0 radical (unpaired) electrons. The van der Waals surface area contributed by atoms with Crippen LogP contribution in [0.3, 0.4) is 0 Å². The minimum absolute atomic E-state index is 0.141. The molecular formula is C27H31N3O4S. The van der Waals surface area contributed by atoms with Crippen molar-refractivity contribution in [3.8, 4) is 11.5 Å². The van der Waals surface area contributed by atoms with E-state index >= 15 is 0 Å². The third-order valence-corrected chi connectivity index (χ3v) is 7.16. The van der Waals surface area contributed by atoms with E-state index in [4.69, 9.17) is 9.47 Å². The number of hydrogen-bond acceptors (Lipinski definition) is 6. The molecule has 2 aromatic carbocycles. The van der Waals surface area contributed by atoms with Crippen molar-refractivity contribution in [2.75, 3.05) is 19.0 Å². The largest absolute Gasteiger partial charge is 0.493 e. The van der Waals surface area contributed by atoms with Gasteiger partial charge in [-0.05, 0) is 41.7 Å². The van der Waals surface area contributed by atoms with E-state index in [0.29, 0.717) is 46.3 Å². The molecule has 1 aromatic heterocycles. The molecule has 1 amide bonds. The number of ether oxygens (including phenoxy) is 2.